The number of thioether (sulfide) groups is 1. The Bertz CT molecular complexity index is 269. The van der Waals surface area contributed by atoms with Gasteiger partial charge in [-0.2, -0.15) is 24.9 Å². The Morgan fingerprint density at radius 2 is 1.87 bits per heavy atom. The lowest BCUT2D eigenvalue weighted by atomic mass is 10.0. The van der Waals surface area contributed by atoms with Crippen LogP contribution in [-0.4, -0.2) is 40.7 Å². The lowest BCUT2D eigenvalue weighted by Gasteiger charge is -2.28. The normalized spacial score (nSPS) is 15.5. The summed E-state index contributed by atoms with van der Waals surface area (Å²) in [5, 5.41) is 9.89. The Hall–Kier alpha value is -0.920. The van der Waals surface area contributed by atoms with E-state index in [0.717, 1.165) is 11.8 Å². The van der Waals surface area contributed by atoms with Gasteiger partial charge in [-0.3, -0.25) is 4.79 Å². The van der Waals surface area contributed by atoms with Crippen LogP contribution in [0, 0.1) is 0 Å². The Kier molecular flexibility index (Phi) is 4.44. The van der Waals surface area contributed by atoms with Crippen LogP contribution in [0.5, 0.6) is 0 Å². The van der Waals surface area contributed by atoms with Gasteiger partial charge in [-0.1, -0.05) is 0 Å². The fourth-order valence-corrected chi connectivity index (χ4v) is 1.03. The van der Waals surface area contributed by atoms with Crippen LogP contribution in [0.2, 0.25) is 0 Å². The number of carbonyl (C=O) groups excluding carboxylic acids is 1. The minimum atomic E-state index is -5.03. The van der Waals surface area contributed by atoms with E-state index in [1.807, 2.05) is 0 Å². The molecule has 1 amide bonds. The van der Waals surface area contributed by atoms with E-state index in [1.54, 1.807) is 0 Å². The fraction of sp³-hybridized carbons (Fsp3) is 0.714. The Balaban J connectivity index is 4.84. The molecule has 2 N–H and O–H groups in total. The van der Waals surface area contributed by atoms with Crippen molar-refractivity contribution < 1.29 is 27.9 Å². The minimum absolute atomic E-state index is 0.223. The van der Waals surface area contributed by atoms with Crippen LogP contribution >= 0.6 is 11.8 Å². The molecule has 0 saturated heterocycles. The van der Waals surface area contributed by atoms with E-state index in [1.165, 1.54) is 11.6 Å². The molecule has 0 radical (unpaired) electrons. The van der Waals surface area contributed by atoms with Crippen molar-refractivity contribution in [1.82, 2.24) is 5.32 Å². The predicted octanol–water partition coefficient (Wildman–Crippen LogP) is 0.871. The Morgan fingerprint density at radius 1 is 1.40 bits per heavy atom. The third kappa shape index (κ3) is 3.29. The molecule has 15 heavy (non-hydrogen) atoms. The van der Waals surface area contributed by atoms with E-state index in [0.29, 0.717) is 6.92 Å². The average Bonchev–Trinajstić information content (AvgIpc) is 2.01. The van der Waals surface area contributed by atoms with Crippen molar-refractivity contribution in [2.45, 2.75) is 18.6 Å². The summed E-state index contributed by atoms with van der Waals surface area (Å²) < 4.78 is 37.1. The first kappa shape index (κ1) is 14.1. The Labute approximate surface area is 88.2 Å². The van der Waals surface area contributed by atoms with Crippen LogP contribution < -0.4 is 5.32 Å². The highest BCUT2D eigenvalue weighted by molar-refractivity contribution is 7.99. The van der Waals surface area contributed by atoms with Gasteiger partial charge in [0.25, 0.3) is 0 Å². The summed E-state index contributed by atoms with van der Waals surface area (Å²) in [6.07, 6.45) is -3.52. The topological polar surface area (TPSA) is 66.4 Å². The molecule has 1 unspecified atom stereocenters. The van der Waals surface area contributed by atoms with Crippen LogP contribution in [0.25, 0.3) is 0 Å². The second kappa shape index (κ2) is 4.73. The molecule has 0 heterocycles. The Morgan fingerprint density at radius 3 is 2.13 bits per heavy atom. The molecule has 0 aromatic rings. The number of hydrogen-bond donors (Lipinski definition) is 2. The van der Waals surface area contributed by atoms with Crippen LogP contribution in [0.15, 0.2) is 0 Å². The molecule has 1 atom stereocenters. The summed E-state index contributed by atoms with van der Waals surface area (Å²) in [7, 11) is 0. The third-order valence-electron chi connectivity index (χ3n) is 1.66. The number of nitrogens with one attached hydrogen (secondary N) is 1. The molecule has 0 fully saturated rings. The molecule has 0 aliphatic heterocycles. The van der Waals surface area contributed by atoms with Crippen LogP contribution in [0.4, 0.5) is 13.2 Å². The molecule has 0 bridgehead atoms. The largest absolute Gasteiger partial charge is 0.479 e. The summed E-state index contributed by atoms with van der Waals surface area (Å²) in [6, 6.07) is 0. The van der Waals surface area contributed by atoms with Crippen molar-refractivity contribution in [3.63, 3.8) is 0 Å². The molecule has 88 valence electrons. The fourth-order valence-electron chi connectivity index (χ4n) is 0.692. The van der Waals surface area contributed by atoms with E-state index >= 15 is 0 Å². The third-order valence-corrected chi connectivity index (χ3v) is 2.21. The van der Waals surface area contributed by atoms with Gasteiger partial charge in [-0.05, 0) is 13.2 Å². The molecule has 8 heteroatoms. The standard InChI is InChI=1S/C7H10F3NO3S/c1-6(5(13)14,7(8,9)10)11-4(12)3-15-2/h3H2,1-2H3,(H,11,12)(H,13,14). The zero-order chi connectivity index (χ0) is 12.3. The zero-order valence-electron chi connectivity index (χ0n) is 8.01. The number of rotatable bonds is 4. The second-order valence-electron chi connectivity index (χ2n) is 2.91. The number of halogens is 3. The van der Waals surface area contributed by atoms with E-state index in [9.17, 15) is 22.8 Å². The molecule has 0 rings (SSSR count). The number of amides is 1. The number of aliphatic carboxylic acids is 1. The number of carboxylic acids is 1. The highest BCUT2D eigenvalue weighted by atomic mass is 32.2. The van der Waals surface area contributed by atoms with Crippen LogP contribution in [0.1, 0.15) is 6.92 Å². The quantitative estimate of drug-likeness (QED) is 0.771. The average molecular weight is 245 g/mol. The smallest absolute Gasteiger partial charge is 0.422 e. The highest BCUT2D eigenvalue weighted by Crippen LogP contribution is 2.30. The lowest BCUT2D eigenvalue weighted by Crippen LogP contribution is -2.62. The molecule has 0 spiro atoms. The van der Waals surface area contributed by atoms with Crippen molar-refractivity contribution in [1.29, 1.82) is 0 Å². The summed E-state index contributed by atoms with van der Waals surface area (Å²) in [6.45, 7) is 0.410. The van der Waals surface area contributed by atoms with Crippen molar-refractivity contribution in [3.8, 4) is 0 Å². The van der Waals surface area contributed by atoms with Gasteiger partial charge >= 0.3 is 12.1 Å². The molecule has 0 aromatic carbocycles. The summed E-state index contributed by atoms with van der Waals surface area (Å²) >= 11 is 1.00. The van der Waals surface area contributed by atoms with Crippen molar-refractivity contribution >= 4 is 23.6 Å². The van der Waals surface area contributed by atoms with Gasteiger partial charge in [-0.25, -0.2) is 4.79 Å². The van der Waals surface area contributed by atoms with E-state index in [-0.39, 0.29) is 5.75 Å². The van der Waals surface area contributed by atoms with Crippen molar-refractivity contribution in [2.24, 2.45) is 0 Å². The number of alkyl halides is 3. The first-order valence-electron chi connectivity index (χ1n) is 3.75. The van der Waals surface area contributed by atoms with Gasteiger partial charge in [0, 0.05) is 0 Å². The van der Waals surface area contributed by atoms with Gasteiger partial charge in [-0.15, -0.1) is 0 Å². The maximum Gasteiger partial charge on any atom is 0.422 e. The lowest BCUT2D eigenvalue weighted by molar-refractivity contribution is -0.206. The number of hydrogen-bond acceptors (Lipinski definition) is 3. The van der Waals surface area contributed by atoms with Crippen molar-refractivity contribution in [3.05, 3.63) is 0 Å². The number of carbonyl (C=O) groups is 2. The maximum atomic E-state index is 12.4. The minimum Gasteiger partial charge on any atom is -0.479 e. The molecule has 0 saturated carbocycles. The summed E-state index contributed by atoms with van der Waals surface area (Å²) in [5.74, 6) is -3.33. The van der Waals surface area contributed by atoms with Crippen LogP contribution in [0.3, 0.4) is 0 Å². The van der Waals surface area contributed by atoms with E-state index < -0.39 is 23.6 Å². The monoisotopic (exact) mass is 245 g/mol. The molecular formula is C7H10F3NO3S. The molecule has 0 aromatic heterocycles. The van der Waals surface area contributed by atoms with E-state index in [2.05, 4.69) is 0 Å². The van der Waals surface area contributed by atoms with Crippen molar-refractivity contribution in [2.75, 3.05) is 12.0 Å². The van der Waals surface area contributed by atoms with E-state index in [4.69, 9.17) is 5.11 Å². The van der Waals surface area contributed by atoms with Gasteiger partial charge in [0.1, 0.15) is 0 Å². The molecule has 0 aliphatic carbocycles. The molecular weight excluding hydrogens is 235 g/mol. The first-order valence-corrected chi connectivity index (χ1v) is 5.14. The number of carboxylic acid groups (broad SMARTS) is 1. The van der Waals surface area contributed by atoms with Gasteiger partial charge < -0.3 is 10.4 Å². The zero-order valence-corrected chi connectivity index (χ0v) is 8.83. The van der Waals surface area contributed by atoms with Gasteiger partial charge in [0.15, 0.2) is 0 Å². The first-order chi connectivity index (χ1) is 6.65. The second-order valence-corrected chi connectivity index (χ2v) is 3.78. The van der Waals surface area contributed by atoms with Gasteiger partial charge in [0.05, 0.1) is 5.75 Å². The van der Waals surface area contributed by atoms with Gasteiger partial charge in [0.2, 0.25) is 11.4 Å². The molecule has 4 nitrogen and oxygen atoms in total. The maximum absolute atomic E-state index is 12.4. The molecule has 0 aliphatic rings. The highest BCUT2D eigenvalue weighted by Gasteiger charge is 2.58. The SMILES string of the molecule is CSCC(=O)NC(C)(C(=O)O)C(F)(F)F. The summed E-state index contributed by atoms with van der Waals surface area (Å²) in [4.78, 5) is 21.4. The summed E-state index contributed by atoms with van der Waals surface area (Å²) in [5.41, 5.74) is -3.24. The predicted molar refractivity (Wildman–Crippen MR) is 48.6 cm³/mol. The van der Waals surface area contributed by atoms with Crippen LogP contribution in [-0.2, 0) is 9.59 Å².